The lowest BCUT2D eigenvalue weighted by molar-refractivity contribution is 0.175. The highest BCUT2D eigenvalue weighted by Crippen LogP contribution is 2.44. The van der Waals surface area contributed by atoms with Gasteiger partial charge in [0.2, 0.25) is 0 Å². The molecule has 4 rings (SSSR count). The summed E-state index contributed by atoms with van der Waals surface area (Å²) in [5, 5.41) is 9.40. The van der Waals surface area contributed by atoms with Crippen molar-refractivity contribution in [3.05, 3.63) is 32.2 Å². The predicted octanol–water partition coefficient (Wildman–Crippen LogP) is 1.25. The van der Waals surface area contributed by atoms with Gasteiger partial charge in [-0.1, -0.05) is 0 Å². The average molecular weight is 381 g/mol. The van der Waals surface area contributed by atoms with Crippen LogP contribution in [0.25, 0.3) is 10.9 Å². The number of alkyl halides is 1. The van der Waals surface area contributed by atoms with Gasteiger partial charge in [0.05, 0.1) is 19.1 Å². The summed E-state index contributed by atoms with van der Waals surface area (Å²) in [5.41, 5.74) is -0.889. The van der Waals surface area contributed by atoms with Crippen LogP contribution in [0.2, 0.25) is 0 Å². The molecule has 0 radical (unpaired) electrons. The lowest BCUT2D eigenvalue weighted by atomic mass is 10.1. The summed E-state index contributed by atoms with van der Waals surface area (Å²) in [4.78, 5) is 28.6. The first-order valence-electron chi connectivity index (χ1n) is 8.93. The van der Waals surface area contributed by atoms with Crippen molar-refractivity contribution in [1.29, 1.82) is 0 Å². The van der Waals surface area contributed by atoms with Gasteiger partial charge in [0.25, 0.3) is 5.56 Å². The fraction of sp³-hybridized carbons (Fsp3) is 0.556. The zero-order valence-electron chi connectivity index (χ0n) is 15.1. The van der Waals surface area contributed by atoms with Gasteiger partial charge in [-0.2, -0.15) is 0 Å². The first kappa shape index (κ1) is 18.0. The zero-order valence-corrected chi connectivity index (χ0v) is 15.1. The van der Waals surface area contributed by atoms with Crippen molar-refractivity contribution in [2.75, 3.05) is 31.7 Å². The van der Waals surface area contributed by atoms with E-state index in [0.717, 1.165) is 12.8 Å². The number of aliphatic hydroxyl groups is 1. The predicted molar refractivity (Wildman–Crippen MR) is 96.0 cm³/mol. The van der Waals surface area contributed by atoms with Crippen LogP contribution in [-0.4, -0.2) is 47.6 Å². The van der Waals surface area contributed by atoms with Crippen LogP contribution in [0.15, 0.2) is 9.59 Å². The number of benzene rings is 1. The van der Waals surface area contributed by atoms with E-state index in [1.807, 2.05) is 0 Å². The number of fused-ring (bicyclic) bond motifs is 1. The molecule has 9 heteroatoms. The van der Waals surface area contributed by atoms with E-state index in [-0.39, 0.29) is 53.6 Å². The molecule has 2 heterocycles. The number of rotatable bonds is 4. The molecule has 2 unspecified atom stereocenters. The lowest BCUT2D eigenvalue weighted by Gasteiger charge is -2.25. The van der Waals surface area contributed by atoms with E-state index in [1.54, 1.807) is 0 Å². The number of aromatic amines is 1. The Kier molecular flexibility index (Phi) is 4.21. The van der Waals surface area contributed by atoms with Gasteiger partial charge in [0, 0.05) is 30.6 Å². The monoisotopic (exact) mass is 381 g/mol. The number of hydrogen-bond donors (Lipinski definition) is 2. The van der Waals surface area contributed by atoms with Gasteiger partial charge in [-0.3, -0.25) is 14.3 Å². The number of aromatic nitrogens is 2. The van der Waals surface area contributed by atoms with E-state index < -0.39 is 29.2 Å². The second-order valence-electron chi connectivity index (χ2n) is 7.27. The first-order valence-corrected chi connectivity index (χ1v) is 8.93. The summed E-state index contributed by atoms with van der Waals surface area (Å²) in [6.45, 7) is 1.14. The number of nitrogens with one attached hydrogen (secondary N) is 1. The molecule has 27 heavy (non-hydrogen) atoms. The minimum absolute atomic E-state index is 0.0282. The Morgan fingerprint density at radius 2 is 2.00 bits per heavy atom. The molecule has 1 aromatic carbocycles. The number of nitrogens with zero attached hydrogens (tertiary/aromatic N) is 2. The number of aryl methyl sites for hydroxylation is 1. The molecular formula is C18H21F2N3O4. The standard InChI is InChI=1S/C18H21F2N3O4/c1-8-12-14(23(10-3-4-10)18(26)21-17(12)25)16(27-2)15(13(8)20)22-5-9(7-24)11(19)6-22/h9-11,24H,3-7H2,1-2H3,(H,21,25,26). The van der Waals surface area contributed by atoms with Crippen LogP contribution in [-0.2, 0) is 0 Å². The normalized spacial score (nSPS) is 22.6. The summed E-state index contributed by atoms with van der Waals surface area (Å²) < 4.78 is 36.4. The van der Waals surface area contributed by atoms with Gasteiger partial charge in [0.1, 0.15) is 17.4 Å². The summed E-state index contributed by atoms with van der Waals surface area (Å²) in [6, 6.07) is -0.0823. The molecule has 2 aromatic rings. The number of ether oxygens (including phenoxy) is 1. The molecule has 146 valence electrons. The van der Waals surface area contributed by atoms with Crippen LogP contribution in [0.3, 0.4) is 0 Å². The summed E-state index contributed by atoms with van der Waals surface area (Å²) in [5.74, 6) is -1.26. The minimum Gasteiger partial charge on any atom is -0.492 e. The van der Waals surface area contributed by atoms with Gasteiger partial charge in [0.15, 0.2) is 11.6 Å². The van der Waals surface area contributed by atoms with Gasteiger partial charge in [-0.25, -0.2) is 13.6 Å². The number of H-pyrrole nitrogens is 1. The molecule has 7 nitrogen and oxygen atoms in total. The van der Waals surface area contributed by atoms with Gasteiger partial charge < -0.3 is 14.7 Å². The van der Waals surface area contributed by atoms with Crippen molar-refractivity contribution >= 4 is 16.6 Å². The topological polar surface area (TPSA) is 87.6 Å². The molecule has 0 bridgehead atoms. The Hall–Kier alpha value is -2.42. The number of aliphatic hydroxyl groups excluding tert-OH is 1. The van der Waals surface area contributed by atoms with Crippen LogP contribution in [0, 0.1) is 18.7 Å². The van der Waals surface area contributed by atoms with E-state index in [0.29, 0.717) is 0 Å². The molecule has 1 saturated heterocycles. The molecule has 2 atom stereocenters. The number of anilines is 1. The Labute approximate surface area is 153 Å². The maximum atomic E-state index is 15.3. The molecule has 1 aliphatic carbocycles. The fourth-order valence-corrected chi connectivity index (χ4v) is 3.96. The van der Waals surface area contributed by atoms with Crippen LogP contribution in [0.4, 0.5) is 14.5 Å². The van der Waals surface area contributed by atoms with Crippen molar-refractivity contribution in [3.63, 3.8) is 0 Å². The second-order valence-corrected chi connectivity index (χ2v) is 7.27. The van der Waals surface area contributed by atoms with Gasteiger partial charge >= 0.3 is 5.69 Å². The van der Waals surface area contributed by atoms with Crippen molar-refractivity contribution in [3.8, 4) is 5.75 Å². The fourth-order valence-electron chi connectivity index (χ4n) is 3.96. The third-order valence-electron chi connectivity index (χ3n) is 5.51. The third-order valence-corrected chi connectivity index (χ3v) is 5.51. The van der Waals surface area contributed by atoms with E-state index in [1.165, 1.54) is 23.5 Å². The number of methoxy groups -OCH3 is 1. The molecule has 2 fully saturated rings. The van der Waals surface area contributed by atoms with E-state index in [9.17, 15) is 19.1 Å². The molecule has 2 N–H and O–H groups in total. The van der Waals surface area contributed by atoms with Gasteiger partial charge in [-0.05, 0) is 19.8 Å². The number of halogens is 2. The molecular weight excluding hydrogens is 360 g/mol. The molecule has 2 aliphatic rings. The third kappa shape index (κ3) is 2.63. The highest BCUT2D eigenvalue weighted by Gasteiger charge is 2.38. The molecule has 0 spiro atoms. The molecule has 1 saturated carbocycles. The summed E-state index contributed by atoms with van der Waals surface area (Å²) in [7, 11) is 1.34. The van der Waals surface area contributed by atoms with E-state index in [2.05, 4.69) is 4.98 Å². The van der Waals surface area contributed by atoms with Crippen molar-refractivity contribution < 1.29 is 18.6 Å². The van der Waals surface area contributed by atoms with Crippen LogP contribution in [0.5, 0.6) is 5.75 Å². The SMILES string of the molecule is COc1c(N2CC(F)C(CO)C2)c(F)c(C)c2c(=O)[nH]c(=O)n(C3CC3)c12. The maximum Gasteiger partial charge on any atom is 0.329 e. The Morgan fingerprint density at radius 3 is 2.56 bits per heavy atom. The Morgan fingerprint density at radius 1 is 1.30 bits per heavy atom. The summed E-state index contributed by atoms with van der Waals surface area (Å²) in [6.07, 6.45) is 0.248. The van der Waals surface area contributed by atoms with Crippen LogP contribution >= 0.6 is 0 Å². The largest absolute Gasteiger partial charge is 0.492 e. The van der Waals surface area contributed by atoms with Crippen LogP contribution < -0.4 is 20.9 Å². The van der Waals surface area contributed by atoms with Crippen molar-refractivity contribution in [1.82, 2.24) is 9.55 Å². The quantitative estimate of drug-likeness (QED) is 0.832. The van der Waals surface area contributed by atoms with E-state index in [4.69, 9.17) is 4.74 Å². The van der Waals surface area contributed by atoms with Crippen molar-refractivity contribution in [2.45, 2.75) is 32.0 Å². The van der Waals surface area contributed by atoms with Crippen molar-refractivity contribution in [2.24, 2.45) is 5.92 Å². The summed E-state index contributed by atoms with van der Waals surface area (Å²) >= 11 is 0. The minimum atomic E-state index is -1.31. The van der Waals surface area contributed by atoms with Crippen LogP contribution in [0.1, 0.15) is 24.4 Å². The Balaban J connectivity index is 2.06. The zero-order chi connectivity index (χ0) is 19.5. The Bertz CT molecular complexity index is 1030. The second kappa shape index (κ2) is 6.33. The number of hydrogen-bond acceptors (Lipinski definition) is 5. The molecule has 1 aromatic heterocycles. The smallest absolute Gasteiger partial charge is 0.329 e. The van der Waals surface area contributed by atoms with E-state index >= 15 is 4.39 Å². The average Bonchev–Trinajstić information content (AvgIpc) is 3.39. The van der Waals surface area contributed by atoms with Gasteiger partial charge in [-0.15, -0.1) is 0 Å². The molecule has 0 amide bonds. The molecule has 1 aliphatic heterocycles. The maximum absolute atomic E-state index is 15.3. The first-order chi connectivity index (χ1) is 12.9. The highest BCUT2D eigenvalue weighted by molar-refractivity contribution is 5.93. The lowest BCUT2D eigenvalue weighted by Crippen LogP contribution is -2.32. The highest BCUT2D eigenvalue weighted by atomic mass is 19.1.